The van der Waals surface area contributed by atoms with Gasteiger partial charge in [0.05, 0.1) is 17.9 Å². The Labute approximate surface area is 104 Å². The average molecular weight is 259 g/mol. The normalized spacial score (nSPS) is 12.2. The zero-order valence-electron chi connectivity index (χ0n) is 10.2. The number of benzene rings is 1. The van der Waals surface area contributed by atoms with Crippen LogP contribution in [0.15, 0.2) is 12.1 Å². The van der Waals surface area contributed by atoms with Crippen molar-refractivity contribution in [2.45, 2.75) is 19.4 Å². The molecule has 2 N–H and O–H groups in total. The fourth-order valence-corrected chi connectivity index (χ4v) is 1.51. The molecule has 1 aromatic carbocycles. The smallest absolute Gasteiger partial charge is 0.338 e. The highest BCUT2D eigenvalue weighted by Gasteiger charge is 2.19. The molecule has 0 amide bonds. The van der Waals surface area contributed by atoms with Crippen LogP contribution < -0.4 is 5.32 Å². The van der Waals surface area contributed by atoms with Gasteiger partial charge < -0.3 is 15.2 Å². The molecule has 0 aliphatic heterocycles. The minimum absolute atomic E-state index is 0.0681. The topological polar surface area (TPSA) is 58.6 Å². The Morgan fingerprint density at radius 2 is 2.11 bits per heavy atom. The largest absolute Gasteiger partial charge is 0.478 e. The van der Waals surface area contributed by atoms with Gasteiger partial charge in [0.2, 0.25) is 0 Å². The summed E-state index contributed by atoms with van der Waals surface area (Å²) in [7, 11) is 1.51. The van der Waals surface area contributed by atoms with E-state index < -0.39 is 23.2 Å². The molecule has 1 unspecified atom stereocenters. The van der Waals surface area contributed by atoms with E-state index in [-0.39, 0.29) is 11.7 Å². The number of carboxylic acid groups (broad SMARTS) is 1. The van der Waals surface area contributed by atoms with E-state index >= 15 is 0 Å². The summed E-state index contributed by atoms with van der Waals surface area (Å²) in [6, 6.07) is 2.07. The van der Waals surface area contributed by atoms with Crippen LogP contribution in [0.1, 0.15) is 23.7 Å². The predicted octanol–water partition coefficient (Wildman–Crippen LogP) is 2.50. The van der Waals surface area contributed by atoms with Crippen molar-refractivity contribution in [2.24, 2.45) is 0 Å². The van der Waals surface area contributed by atoms with Crippen molar-refractivity contribution in [3.63, 3.8) is 0 Å². The summed E-state index contributed by atoms with van der Waals surface area (Å²) < 4.78 is 32.0. The van der Waals surface area contributed by atoms with Crippen LogP contribution in [0.3, 0.4) is 0 Å². The SMILES string of the molecule is CCC(COC)Nc1ccc(C(=O)O)c(F)c1F. The van der Waals surface area contributed by atoms with Crippen molar-refractivity contribution in [3.05, 3.63) is 29.3 Å². The molecule has 0 saturated heterocycles. The second-order valence-corrected chi connectivity index (χ2v) is 3.80. The van der Waals surface area contributed by atoms with Crippen molar-refractivity contribution < 1.29 is 23.4 Å². The van der Waals surface area contributed by atoms with Crippen LogP contribution in [-0.4, -0.2) is 30.8 Å². The zero-order chi connectivity index (χ0) is 13.7. The first-order valence-corrected chi connectivity index (χ1v) is 5.48. The van der Waals surface area contributed by atoms with E-state index in [1.165, 1.54) is 13.2 Å². The molecule has 0 radical (unpaired) electrons. The molecule has 0 saturated carbocycles. The monoisotopic (exact) mass is 259 g/mol. The van der Waals surface area contributed by atoms with Crippen molar-refractivity contribution in [3.8, 4) is 0 Å². The first-order chi connectivity index (χ1) is 8.51. The third kappa shape index (κ3) is 3.16. The van der Waals surface area contributed by atoms with Gasteiger partial charge in [-0.3, -0.25) is 0 Å². The van der Waals surface area contributed by atoms with Crippen molar-refractivity contribution in [1.29, 1.82) is 0 Å². The molecule has 0 aromatic heterocycles. The number of hydrogen-bond acceptors (Lipinski definition) is 3. The third-order valence-corrected chi connectivity index (χ3v) is 2.53. The van der Waals surface area contributed by atoms with Crippen molar-refractivity contribution >= 4 is 11.7 Å². The van der Waals surface area contributed by atoms with Gasteiger partial charge in [0.25, 0.3) is 0 Å². The number of carbonyl (C=O) groups is 1. The number of rotatable bonds is 6. The lowest BCUT2D eigenvalue weighted by molar-refractivity contribution is 0.0690. The molecule has 0 heterocycles. The number of nitrogens with one attached hydrogen (secondary N) is 1. The van der Waals surface area contributed by atoms with Crippen LogP contribution in [0.2, 0.25) is 0 Å². The minimum Gasteiger partial charge on any atom is -0.478 e. The van der Waals surface area contributed by atoms with E-state index in [2.05, 4.69) is 5.32 Å². The molecule has 4 nitrogen and oxygen atoms in total. The summed E-state index contributed by atoms with van der Waals surface area (Å²) in [5, 5.41) is 11.4. The molecular formula is C12H15F2NO3. The van der Waals surface area contributed by atoms with Gasteiger partial charge in [0, 0.05) is 13.2 Å². The number of methoxy groups -OCH3 is 1. The van der Waals surface area contributed by atoms with E-state index in [9.17, 15) is 13.6 Å². The summed E-state index contributed by atoms with van der Waals surface area (Å²) in [5.41, 5.74) is -0.751. The summed E-state index contributed by atoms with van der Waals surface area (Å²) in [4.78, 5) is 10.6. The maximum Gasteiger partial charge on any atom is 0.338 e. The maximum atomic E-state index is 13.6. The second kappa shape index (κ2) is 6.30. The number of carboxylic acids is 1. The molecule has 0 aliphatic carbocycles. The number of aromatic carboxylic acids is 1. The zero-order valence-corrected chi connectivity index (χ0v) is 10.2. The van der Waals surface area contributed by atoms with E-state index in [0.717, 1.165) is 6.07 Å². The molecule has 1 aromatic rings. The predicted molar refractivity (Wildman–Crippen MR) is 62.9 cm³/mol. The molecule has 1 atom stereocenters. The molecule has 18 heavy (non-hydrogen) atoms. The van der Waals surface area contributed by atoms with Crippen LogP contribution in [0.25, 0.3) is 0 Å². The summed E-state index contributed by atoms with van der Waals surface area (Å²) in [6.07, 6.45) is 0.662. The maximum absolute atomic E-state index is 13.6. The van der Waals surface area contributed by atoms with Crippen LogP contribution in [0, 0.1) is 11.6 Å². The highest BCUT2D eigenvalue weighted by atomic mass is 19.2. The summed E-state index contributed by atoms with van der Waals surface area (Å²) in [6.45, 7) is 2.22. The quantitative estimate of drug-likeness (QED) is 0.824. The fraction of sp³-hybridized carbons (Fsp3) is 0.417. The highest BCUT2D eigenvalue weighted by Crippen LogP contribution is 2.21. The van der Waals surface area contributed by atoms with E-state index in [1.807, 2.05) is 6.92 Å². The van der Waals surface area contributed by atoms with Gasteiger partial charge in [0.1, 0.15) is 0 Å². The van der Waals surface area contributed by atoms with Gasteiger partial charge >= 0.3 is 5.97 Å². The molecule has 6 heteroatoms. The second-order valence-electron chi connectivity index (χ2n) is 3.80. The molecular weight excluding hydrogens is 244 g/mol. The average Bonchev–Trinajstić information content (AvgIpc) is 2.33. The molecule has 0 fully saturated rings. The van der Waals surface area contributed by atoms with Crippen LogP contribution >= 0.6 is 0 Å². The Kier molecular flexibility index (Phi) is 5.03. The first kappa shape index (κ1) is 14.4. The molecule has 0 bridgehead atoms. The minimum atomic E-state index is -1.50. The Morgan fingerprint density at radius 3 is 2.61 bits per heavy atom. The standard InChI is InChI=1S/C12H15F2NO3/c1-3-7(6-18-2)15-9-5-4-8(12(16)17)10(13)11(9)14/h4-5,7,15H,3,6H2,1-2H3,(H,16,17). The first-order valence-electron chi connectivity index (χ1n) is 5.48. The van der Waals surface area contributed by atoms with Gasteiger partial charge in [-0.1, -0.05) is 6.92 Å². The van der Waals surface area contributed by atoms with E-state index in [0.29, 0.717) is 13.0 Å². The molecule has 0 spiro atoms. The van der Waals surface area contributed by atoms with Gasteiger partial charge in [-0.25, -0.2) is 13.6 Å². The van der Waals surface area contributed by atoms with Gasteiger partial charge in [-0.2, -0.15) is 0 Å². The van der Waals surface area contributed by atoms with Gasteiger partial charge in [-0.15, -0.1) is 0 Å². The van der Waals surface area contributed by atoms with Crippen LogP contribution in [0.4, 0.5) is 14.5 Å². The Hall–Kier alpha value is -1.69. The van der Waals surface area contributed by atoms with Gasteiger partial charge in [0.15, 0.2) is 11.6 Å². The fourth-order valence-electron chi connectivity index (χ4n) is 1.51. The van der Waals surface area contributed by atoms with Crippen molar-refractivity contribution in [1.82, 2.24) is 0 Å². The van der Waals surface area contributed by atoms with Gasteiger partial charge in [-0.05, 0) is 18.6 Å². The Morgan fingerprint density at radius 1 is 1.44 bits per heavy atom. The summed E-state index contributed by atoms with van der Waals surface area (Å²) >= 11 is 0. The summed E-state index contributed by atoms with van der Waals surface area (Å²) in [5.74, 6) is -4.05. The van der Waals surface area contributed by atoms with E-state index in [4.69, 9.17) is 9.84 Å². The lowest BCUT2D eigenvalue weighted by Gasteiger charge is -2.18. The number of hydrogen-bond donors (Lipinski definition) is 2. The van der Waals surface area contributed by atoms with Crippen LogP contribution in [0.5, 0.6) is 0 Å². The number of ether oxygens (including phenoxy) is 1. The van der Waals surface area contributed by atoms with E-state index in [1.54, 1.807) is 0 Å². The Balaban J connectivity index is 2.98. The Bertz CT molecular complexity index is 438. The number of halogens is 2. The molecule has 1 rings (SSSR count). The highest BCUT2D eigenvalue weighted by molar-refractivity contribution is 5.88. The third-order valence-electron chi connectivity index (χ3n) is 2.53. The lowest BCUT2D eigenvalue weighted by Crippen LogP contribution is -2.24. The lowest BCUT2D eigenvalue weighted by atomic mass is 10.1. The molecule has 0 aliphatic rings. The van der Waals surface area contributed by atoms with Crippen molar-refractivity contribution in [2.75, 3.05) is 19.0 Å². The number of anilines is 1. The molecule has 100 valence electrons. The van der Waals surface area contributed by atoms with Crippen LogP contribution in [-0.2, 0) is 4.74 Å².